The molecule has 0 bridgehead atoms. The van der Waals surface area contributed by atoms with E-state index in [1.54, 1.807) is 17.4 Å². The second kappa shape index (κ2) is 4.50. The average Bonchev–Trinajstić information content (AvgIpc) is 2.63. The van der Waals surface area contributed by atoms with Crippen LogP contribution in [0.2, 0.25) is 0 Å². The molecule has 0 aliphatic heterocycles. The van der Waals surface area contributed by atoms with Crippen molar-refractivity contribution in [3.8, 4) is 0 Å². The van der Waals surface area contributed by atoms with Crippen LogP contribution in [0.1, 0.15) is 23.3 Å². The van der Waals surface area contributed by atoms with Crippen molar-refractivity contribution in [1.29, 1.82) is 0 Å². The van der Waals surface area contributed by atoms with Gasteiger partial charge in [0, 0.05) is 11.8 Å². The molecule has 0 fully saturated rings. The molecular weight excluding hydrogens is 237 g/mol. The third-order valence-electron chi connectivity index (χ3n) is 2.53. The van der Waals surface area contributed by atoms with E-state index in [4.69, 9.17) is 5.73 Å². The van der Waals surface area contributed by atoms with E-state index >= 15 is 0 Å². The number of halogens is 1. The van der Waals surface area contributed by atoms with E-state index in [-0.39, 0.29) is 5.82 Å². The van der Waals surface area contributed by atoms with Crippen molar-refractivity contribution in [2.45, 2.75) is 25.8 Å². The molecule has 0 aliphatic carbocycles. The van der Waals surface area contributed by atoms with Crippen molar-refractivity contribution in [2.24, 2.45) is 5.73 Å². The Morgan fingerprint density at radius 3 is 2.76 bits per heavy atom. The first-order valence-electron chi connectivity index (χ1n) is 5.29. The number of aryl methyl sites for hydroxylation is 1. The lowest BCUT2D eigenvalue weighted by molar-refractivity contribution is 0.468. The van der Waals surface area contributed by atoms with Gasteiger partial charge in [0.25, 0.3) is 0 Å². The standard InChI is InChI=1S/C12H14FN3S/c1-8-16-10(7-17-8)5-12(2,14)11-4-3-9(13)6-15-11/h3-4,6-7H,5,14H2,1-2H3. The third kappa shape index (κ3) is 2.87. The number of hydrogen-bond acceptors (Lipinski definition) is 4. The van der Waals surface area contributed by atoms with Gasteiger partial charge in [-0.05, 0) is 26.0 Å². The van der Waals surface area contributed by atoms with Crippen LogP contribution in [-0.2, 0) is 12.0 Å². The fraction of sp³-hybridized carbons (Fsp3) is 0.333. The summed E-state index contributed by atoms with van der Waals surface area (Å²) in [5, 5.41) is 3.01. The number of nitrogens with two attached hydrogens (primary N) is 1. The van der Waals surface area contributed by atoms with Crippen LogP contribution in [0.5, 0.6) is 0 Å². The van der Waals surface area contributed by atoms with Crippen LogP contribution in [0, 0.1) is 12.7 Å². The van der Waals surface area contributed by atoms with Crippen molar-refractivity contribution in [3.63, 3.8) is 0 Å². The number of nitrogens with zero attached hydrogens (tertiary/aromatic N) is 2. The average molecular weight is 251 g/mol. The fourth-order valence-corrected chi connectivity index (χ4v) is 2.28. The summed E-state index contributed by atoms with van der Waals surface area (Å²) in [5.41, 5.74) is 7.20. The van der Waals surface area contributed by atoms with Crippen LogP contribution >= 0.6 is 11.3 Å². The maximum Gasteiger partial charge on any atom is 0.141 e. The van der Waals surface area contributed by atoms with Gasteiger partial charge in [-0.1, -0.05) is 0 Å². The van der Waals surface area contributed by atoms with Crippen molar-refractivity contribution in [1.82, 2.24) is 9.97 Å². The minimum atomic E-state index is -0.631. The van der Waals surface area contributed by atoms with Crippen LogP contribution < -0.4 is 5.73 Å². The Morgan fingerprint density at radius 1 is 1.47 bits per heavy atom. The Morgan fingerprint density at radius 2 is 2.24 bits per heavy atom. The topological polar surface area (TPSA) is 51.8 Å². The predicted octanol–water partition coefficient (Wildman–Crippen LogP) is 2.40. The number of rotatable bonds is 3. The summed E-state index contributed by atoms with van der Waals surface area (Å²) in [6.45, 7) is 3.83. The van der Waals surface area contributed by atoms with Crippen LogP contribution in [-0.4, -0.2) is 9.97 Å². The van der Waals surface area contributed by atoms with Gasteiger partial charge in [0.2, 0.25) is 0 Å². The summed E-state index contributed by atoms with van der Waals surface area (Å²) >= 11 is 1.60. The number of hydrogen-bond donors (Lipinski definition) is 1. The van der Waals surface area contributed by atoms with Gasteiger partial charge in [0.05, 0.1) is 28.1 Å². The number of thiazole rings is 1. The fourth-order valence-electron chi connectivity index (χ4n) is 1.67. The summed E-state index contributed by atoms with van der Waals surface area (Å²) in [4.78, 5) is 8.40. The van der Waals surface area contributed by atoms with Crippen LogP contribution in [0.25, 0.3) is 0 Å². The van der Waals surface area contributed by atoms with Crippen molar-refractivity contribution in [3.05, 3.63) is 45.9 Å². The van der Waals surface area contributed by atoms with Gasteiger partial charge >= 0.3 is 0 Å². The number of aromatic nitrogens is 2. The molecule has 2 heterocycles. The molecule has 0 radical (unpaired) electrons. The van der Waals surface area contributed by atoms with Gasteiger partial charge in [-0.3, -0.25) is 4.98 Å². The Bertz CT molecular complexity index is 505. The van der Waals surface area contributed by atoms with Crippen molar-refractivity contribution in [2.75, 3.05) is 0 Å². The van der Waals surface area contributed by atoms with E-state index in [0.29, 0.717) is 12.1 Å². The first kappa shape index (κ1) is 12.1. The van der Waals surface area contributed by atoms with Gasteiger partial charge in [-0.25, -0.2) is 9.37 Å². The van der Waals surface area contributed by atoms with Crippen LogP contribution in [0.15, 0.2) is 23.7 Å². The van der Waals surface area contributed by atoms with Gasteiger partial charge in [-0.15, -0.1) is 11.3 Å². The van der Waals surface area contributed by atoms with Crippen LogP contribution in [0.3, 0.4) is 0 Å². The molecule has 1 unspecified atom stereocenters. The van der Waals surface area contributed by atoms with Crippen LogP contribution in [0.4, 0.5) is 4.39 Å². The smallest absolute Gasteiger partial charge is 0.141 e. The summed E-state index contributed by atoms with van der Waals surface area (Å²) in [7, 11) is 0. The molecule has 0 spiro atoms. The number of pyridine rings is 1. The van der Waals surface area contributed by atoms with Crippen molar-refractivity contribution < 1.29 is 4.39 Å². The second-order valence-electron chi connectivity index (χ2n) is 4.31. The van der Waals surface area contributed by atoms with E-state index in [0.717, 1.165) is 10.7 Å². The quantitative estimate of drug-likeness (QED) is 0.911. The largest absolute Gasteiger partial charge is 0.320 e. The zero-order valence-electron chi connectivity index (χ0n) is 9.77. The molecule has 0 aliphatic rings. The minimum Gasteiger partial charge on any atom is -0.320 e. The summed E-state index contributed by atoms with van der Waals surface area (Å²) in [5.74, 6) is -0.353. The van der Waals surface area contributed by atoms with Crippen molar-refractivity contribution >= 4 is 11.3 Å². The molecule has 2 aromatic heterocycles. The summed E-state index contributed by atoms with van der Waals surface area (Å²) < 4.78 is 12.8. The lowest BCUT2D eigenvalue weighted by atomic mass is 9.93. The van der Waals surface area contributed by atoms with E-state index < -0.39 is 5.54 Å². The molecule has 0 saturated heterocycles. The highest BCUT2D eigenvalue weighted by atomic mass is 32.1. The molecule has 1 atom stereocenters. The molecular formula is C12H14FN3S. The SMILES string of the molecule is Cc1nc(CC(C)(N)c2ccc(F)cn2)cs1. The molecule has 0 saturated carbocycles. The molecule has 17 heavy (non-hydrogen) atoms. The van der Waals surface area contributed by atoms with Gasteiger partial charge < -0.3 is 5.73 Å². The Balaban J connectivity index is 2.21. The lowest BCUT2D eigenvalue weighted by Crippen LogP contribution is -2.36. The van der Waals surface area contributed by atoms with Gasteiger partial charge in [0.1, 0.15) is 5.82 Å². The predicted molar refractivity (Wildman–Crippen MR) is 66.3 cm³/mol. The molecule has 5 heteroatoms. The Kier molecular flexibility index (Phi) is 3.22. The minimum absolute atomic E-state index is 0.353. The highest BCUT2D eigenvalue weighted by Crippen LogP contribution is 2.22. The molecule has 3 nitrogen and oxygen atoms in total. The normalized spacial score (nSPS) is 14.6. The Hall–Kier alpha value is -1.33. The van der Waals surface area contributed by atoms with Gasteiger partial charge in [-0.2, -0.15) is 0 Å². The molecule has 0 amide bonds. The first-order valence-corrected chi connectivity index (χ1v) is 6.17. The third-order valence-corrected chi connectivity index (χ3v) is 3.35. The molecule has 2 rings (SSSR count). The highest BCUT2D eigenvalue weighted by molar-refractivity contribution is 7.09. The zero-order chi connectivity index (χ0) is 12.5. The molecule has 90 valence electrons. The van der Waals surface area contributed by atoms with E-state index in [1.165, 1.54) is 12.3 Å². The first-order chi connectivity index (χ1) is 7.97. The zero-order valence-corrected chi connectivity index (χ0v) is 10.6. The highest BCUT2D eigenvalue weighted by Gasteiger charge is 2.24. The van der Waals surface area contributed by atoms with E-state index in [2.05, 4.69) is 9.97 Å². The molecule has 2 N–H and O–H groups in total. The summed E-state index contributed by atoms with van der Waals surface area (Å²) in [6, 6.07) is 2.99. The van der Waals surface area contributed by atoms with E-state index in [9.17, 15) is 4.39 Å². The maximum absolute atomic E-state index is 12.8. The molecule has 2 aromatic rings. The Labute approximate surface area is 104 Å². The maximum atomic E-state index is 12.8. The monoisotopic (exact) mass is 251 g/mol. The molecule has 0 aromatic carbocycles. The second-order valence-corrected chi connectivity index (χ2v) is 5.38. The van der Waals surface area contributed by atoms with Gasteiger partial charge in [0.15, 0.2) is 0 Å². The van der Waals surface area contributed by atoms with E-state index in [1.807, 2.05) is 19.2 Å². The summed E-state index contributed by atoms with van der Waals surface area (Å²) in [6.07, 6.45) is 1.78. The lowest BCUT2D eigenvalue weighted by Gasteiger charge is -2.22.